The molecular weight excluding hydrogens is 529 g/mol. The summed E-state index contributed by atoms with van der Waals surface area (Å²) in [5.41, 5.74) is 0.643. The number of aromatic nitrogens is 1. The minimum Gasteiger partial charge on any atom is -0.462 e. The lowest BCUT2D eigenvalue weighted by Gasteiger charge is -2.24. The molecular formula is C17H30IN5O4S2. The van der Waals surface area contributed by atoms with E-state index in [1.807, 2.05) is 6.92 Å². The second-order valence-corrected chi connectivity index (χ2v) is 9.64. The van der Waals surface area contributed by atoms with Crippen LogP contribution in [-0.4, -0.2) is 68.7 Å². The minimum atomic E-state index is -3.21. The number of nitrogens with zero attached hydrogens (tertiary/aromatic N) is 3. The molecule has 0 saturated carbocycles. The molecule has 0 spiro atoms. The lowest BCUT2D eigenvalue weighted by atomic mass is 10.2. The number of carbonyl (C=O) groups excluding carboxylic acids is 1. The highest BCUT2D eigenvalue weighted by molar-refractivity contribution is 14.0. The van der Waals surface area contributed by atoms with Crippen LogP contribution < -0.4 is 10.6 Å². The highest BCUT2D eigenvalue weighted by Gasteiger charge is 2.31. The number of hydrogen-bond donors (Lipinski definition) is 2. The van der Waals surface area contributed by atoms with Gasteiger partial charge in [-0.3, -0.25) is 4.99 Å². The summed E-state index contributed by atoms with van der Waals surface area (Å²) in [7, 11) is -1.55. The number of nitrogens with one attached hydrogen (secondary N) is 2. The van der Waals surface area contributed by atoms with Crippen LogP contribution in [0.4, 0.5) is 0 Å². The van der Waals surface area contributed by atoms with E-state index >= 15 is 0 Å². The van der Waals surface area contributed by atoms with E-state index in [1.165, 1.54) is 21.9 Å². The standard InChI is InChI=1S/C17H29N5O4S2.HI/c1-6-26-16(23)14-11(2)20-15(27-14)12(3)21-17(18-4)19-10-13-8-7-9-22(13)28(5,24)25;/h12-13H,6-10H2,1-5H3,(H2,18,19,21);1H/t12?,13-;/m1./s1. The van der Waals surface area contributed by atoms with Gasteiger partial charge in [-0.2, -0.15) is 4.31 Å². The summed E-state index contributed by atoms with van der Waals surface area (Å²) >= 11 is 1.30. The zero-order valence-electron chi connectivity index (χ0n) is 17.4. The smallest absolute Gasteiger partial charge is 0.350 e. The summed E-state index contributed by atoms with van der Waals surface area (Å²) in [5.74, 6) is 0.193. The number of hydrogen-bond acceptors (Lipinski definition) is 7. The van der Waals surface area contributed by atoms with Crippen LogP contribution in [0.25, 0.3) is 0 Å². The third kappa shape index (κ3) is 7.03. The molecule has 166 valence electrons. The Labute approximate surface area is 193 Å². The average Bonchev–Trinajstić information content (AvgIpc) is 3.25. The third-order valence-electron chi connectivity index (χ3n) is 4.48. The topological polar surface area (TPSA) is 113 Å². The van der Waals surface area contributed by atoms with Gasteiger partial charge in [-0.25, -0.2) is 18.2 Å². The van der Waals surface area contributed by atoms with E-state index < -0.39 is 10.0 Å². The molecule has 0 aliphatic carbocycles. The lowest BCUT2D eigenvalue weighted by molar-refractivity contribution is 0.0531. The van der Waals surface area contributed by atoms with Gasteiger partial charge < -0.3 is 15.4 Å². The number of sulfonamides is 1. The summed E-state index contributed by atoms with van der Waals surface area (Å²) in [5, 5.41) is 7.19. The summed E-state index contributed by atoms with van der Waals surface area (Å²) in [6.45, 7) is 6.84. The monoisotopic (exact) mass is 559 g/mol. The highest BCUT2D eigenvalue weighted by Crippen LogP contribution is 2.24. The molecule has 0 bridgehead atoms. The van der Waals surface area contributed by atoms with Crippen LogP contribution in [0.3, 0.4) is 0 Å². The number of ether oxygens (including phenoxy) is 1. The number of rotatable bonds is 7. The average molecular weight is 559 g/mol. The van der Waals surface area contributed by atoms with Crippen molar-refractivity contribution in [1.82, 2.24) is 19.9 Å². The quantitative estimate of drug-likeness (QED) is 0.227. The highest BCUT2D eigenvalue weighted by atomic mass is 127. The van der Waals surface area contributed by atoms with Gasteiger partial charge in [0.05, 0.1) is 24.6 Å². The SMILES string of the molecule is CCOC(=O)c1sc(C(C)NC(=NC)NC[C@H]2CCCN2S(C)(=O)=O)nc1C.I. The maximum Gasteiger partial charge on any atom is 0.350 e. The molecule has 1 unspecified atom stereocenters. The van der Waals surface area contributed by atoms with Gasteiger partial charge in [-0.15, -0.1) is 35.3 Å². The van der Waals surface area contributed by atoms with Crippen molar-refractivity contribution < 1.29 is 17.9 Å². The van der Waals surface area contributed by atoms with Crippen LogP contribution in [0, 0.1) is 6.92 Å². The molecule has 2 atom stereocenters. The van der Waals surface area contributed by atoms with E-state index in [0.717, 1.165) is 17.8 Å². The lowest BCUT2D eigenvalue weighted by Crippen LogP contribution is -2.46. The van der Waals surface area contributed by atoms with E-state index in [0.29, 0.717) is 36.2 Å². The first kappa shape index (κ1) is 26.0. The van der Waals surface area contributed by atoms with Crippen LogP contribution in [0.5, 0.6) is 0 Å². The first-order chi connectivity index (χ1) is 13.2. The Morgan fingerprint density at radius 3 is 2.76 bits per heavy atom. The van der Waals surface area contributed by atoms with Gasteiger partial charge in [0.25, 0.3) is 0 Å². The largest absolute Gasteiger partial charge is 0.462 e. The fraction of sp³-hybridized carbons (Fsp3) is 0.706. The van der Waals surface area contributed by atoms with Crippen molar-refractivity contribution >= 4 is 57.3 Å². The van der Waals surface area contributed by atoms with Crippen molar-refractivity contribution in [3.05, 3.63) is 15.6 Å². The van der Waals surface area contributed by atoms with Gasteiger partial charge in [-0.05, 0) is 33.6 Å². The number of aliphatic imine (C=N–C) groups is 1. The Morgan fingerprint density at radius 2 is 2.17 bits per heavy atom. The van der Waals surface area contributed by atoms with Crippen LogP contribution in [0.1, 0.15) is 53.1 Å². The molecule has 2 N–H and O–H groups in total. The van der Waals surface area contributed by atoms with Gasteiger partial charge >= 0.3 is 5.97 Å². The van der Waals surface area contributed by atoms with E-state index in [-0.39, 0.29) is 42.0 Å². The van der Waals surface area contributed by atoms with Gasteiger partial charge in [-0.1, -0.05) is 0 Å². The first-order valence-electron chi connectivity index (χ1n) is 9.25. The molecule has 0 radical (unpaired) electrons. The van der Waals surface area contributed by atoms with Crippen LogP contribution in [-0.2, 0) is 14.8 Å². The van der Waals surface area contributed by atoms with Gasteiger partial charge in [0, 0.05) is 26.2 Å². The molecule has 2 rings (SSSR count). The van der Waals surface area contributed by atoms with Crippen molar-refractivity contribution in [3.63, 3.8) is 0 Å². The molecule has 1 aliphatic heterocycles. The Bertz CT molecular complexity index is 828. The summed E-state index contributed by atoms with van der Waals surface area (Å²) in [6, 6.07) is -0.256. The van der Waals surface area contributed by atoms with Crippen molar-refractivity contribution in [2.45, 2.75) is 45.7 Å². The normalized spacial score (nSPS) is 18.8. The molecule has 1 fully saturated rings. The first-order valence-corrected chi connectivity index (χ1v) is 11.9. The third-order valence-corrected chi connectivity index (χ3v) is 7.13. The molecule has 12 heteroatoms. The summed E-state index contributed by atoms with van der Waals surface area (Å²) in [4.78, 5) is 21.2. The van der Waals surface area contributed by atoms with E-state index in [1.54, 1.807) is 20.9 Å². The maximum absolute atomic E-state index is 12.0. The van der Waals surface area contributed by atoms with Crippen molar-refractivity contribution in [1.29, 1.82) is 0 Å². The fourth-order valence-electron chi connectivity index (χ4n) is 3.11. The van der Waals surface area contributed by atoms with Gasteiger partial charge in [0.2, 0.25) is 10.0 Å². The predicted molar refractivity (Wildman–Crippen MR) is 126 cm³/mol. The van der Waals surface area contributed by atoms with Crippen molar-refractivity contribution in [2.24, 2.45) is 4.99 Å². The van der Waals surface area contributed by atoms with E-state index in [2.05, 4.69) is 20.6 Å². The Hall–Kier alpha value is -0.990. The molecule has 1 aromatic rings. The molecule has 0 amide bonds. The minimum absolute atomic E-state index is 0. The number of halogens is 1. The van der Waals surface area contributed by atoms with Crippen LogP contribution in [0.15, 0.2) is 4.99 Å². The zero-order valence-corrected chi connectivity index (χ0v) is 21.4. The molecule has 0 aromatic carbocycles. The molecule has 9 nitrogen and oxygen atoms in total. The number of thiazole rings is 1. The number of guanidine groups is 1. The Morgan fingerprint density at radius 1 is 1.48 bits per heavy atom. The number of esters is 1. The molecule has 2 heterocycles. The molecule has 1 aliphatic rings. The maximum atomic E-state index is 12.0. The van der Waals surface area contributed by atoms with E-state index in [9.17, 15) is 13.2 Å². The van der Waals surface area contributed by atoms with E-state index in [4.69, 9.17) is 4.74 Å². The van der Waals surface area contributed by atoms with Crippen molar-refractivity contribution in [3.8, 4) is 0 Å². The van der Waals surface area contributed by atoms with Crippen LogP contribution in [0.2, 0.25) is 0 Å². The predicted octanol–water partition coefficient (Wildman–Crippen LogP) is 1.90. The Kier molecular flexibility index (Phi) is 10.3. The van der Waals surface area contributed by atoms with Gasteiger partial charge in [0.1, 0.15) is 9.88 Å². The number of aryl methyl sites for hydroxylation is 1. The zero-order chi connectivity index (χ0) is 20.9. The molecule has 1 saturated heterocycles. The summed E-state index contributed by atoms with van der Waals surface area (Å²) in [6.07, 6.45) is 2.92. The second kappa shape index (κ2) is 11.4. The molecule has 1 aromatic heterocycles. The summed E-state index contributed by atoms with van der Waals surface area (Å²) < 4.78 is 30.3. The second-order valence-electron chi connectivity index (χ2n) is 6.68. The fourth-order valence-corrected chi connectivity index (χ4v) is 5.26. The van der Waals surface area contributed by atoms with Crippen LogP contribution >= 0.6 is 35.3 Å². The Balaban J connectivity index is 0.00000420. The van der Waals surface area contributed by atoms with Gasteiger partial charge in [0.15, 0.2) is 5.96 Å². The number of carbonyl (C=O) groups is 1. The van der Waals surface area contributed by atoms with Crippen molar-refractivity contribution in [2.75, 3.05) is 33.0 Å². The molecule has 29 heavy (non-hydrogen) atoms.